The molecular weight excluding hydrogens is 282 g/mol. The van der Waals surface area contributed by atoms with E-state index in [1.54, 1.807) is 14.0 Å². The van der Waals surface area contributed by atoms with Crippen LogP contribution in [0, 0.1) is 0 Å². The molecule has 0 radical (unpaired) electrons. The molecule has 0 aromatic heterocycles. The number of guanidine groups is 1. The Labute approximate surface area is 132 Å². The van der Waals surface area contributed by atoms with Crippen molar-refractivity contribution >= 4 is 17.8 Å². The number of nitrogens with one attached hydrogen (secondary N) is 3. The SMILES string of the molecule is CN=C(NCC(=O)NC(C)(C)C)NC1CCN(C(C)=O)CC1. The number of carbonyl (C=O) groups excluding carboxylic acids is 2. The van der Waals surface area contributed by atoms with Crippen molar-refractivity contribution in [3.05, 3.63) is 0 Å². The summed E-state index contributed by atoms with van der Waals surface area (Å²) in [6.07, 6.45) is 1.77. The Morgan fingerprint density at radius 2 is 1.82 bits per heavy atom. The van der Waals surface area contributed by atoms with Crippen LogP contribution in [0.4, 0.5) is 0 Å². The molecular formula is C15H29N5O2. The highest BCUT2D eigenvalue weighted by atomic mass is 16.2. The fraction of sp³-hybridized carbons (Fsp3) is 0.800. The van der Waals surface area contributed by atoms with E-state index in [2.05, 4.69) is 20.9 Å². The van der Waals surface area contributed by atoms with Gasteiger partial charge in [-0.3, -0.25) is 14.6 Å². The highest BCUT2D eigenvalue weighted by Crippen LogP contribution is 2.10. The van der Waals surface area contributed by atoms with Crippen LogP contribution in [0.3, 0.4) is 0 Å². The van der Waals surface area contributed by atoms with Crippen molar-refractivity contribution in [2.24, 2.45) is 4.99 Å². The number of piperidine rings is 1. The third kappa shape index (κ3) is 6.78. The largest absolute Gasteiger partial charge is 0.354 e. The van der Waals surface area contributed by atoms with E-state index >= 15 is 0 Å². The van der Waals surface area contributed by atoms with Gasteiger partial charge in [0.05, 0.1) is 6.54 Å². The molecule has 2 amide bonds. The maximum absolute atomic E-state index is 11.8. The Morgan fingerprint density at radius 3 is 2.27 bits per heavy atom. The van der Waals surface area contributed by atoms with Gasteiger partial charge in [0.25, 0.3) is 0 Å². The minimum atomic E-state index is -0.241. The molecule has 0 saturated carbocycles. The van der Waals surface area contributed by atoms with Crippen molar-refractivity contribution < 1.29 is 9.59 Å². The van der Waals surface area contributed by atoms with Gasteiger partial charge in [0.1, 0.15) is 0 Å². The average molecular weight is 311 g/mol. The van der Waals surface area contributed by atoms with Gasteiger partial charge >= 0.3 is 0 Å². The molecule has 0 atom stereocenters. The monoisotopic (exact) mass is 311 g/mol. The number of hydrogen-bond acceptors (Lipinski definition) is 3. The van der Waals surface area contributed by atoms with E-state index in [0.717, 1.165) is 25.9 Å². The Balaban J connectivity index is 2.35. The molecule has 7 heteroatoms. The fourth-order valence-electron chi connectivity index (χ4n) is 2.35. The maximum Gasteiger partial charge on any atom is 0.239 e. The Kier molecular flexibility index (Phi) is 6.64. The number of hydrogen-bond donors (Lipinski definition) is 3. The Morgan fingerprint density at radius 1 is 1.23 bits per heavy atom. The van der Waals surface area contributed by atoms with Crippen LogP contribution in [0.5, 0.6) is 0 Å². The summed E-state index contributed by atoms with van der Waals surface area (Å²) in [6, 6.07) is 0.271. The van der Waals surface area contributed by atoms with Crippen LogP contribution >= 0.6 is 0 Å². The number of aliphatic imine (C=N–C) groups is 1. The van der Waals surface area contributed by atoms with E-state index < -0.39 is 0 Å². The third-order valence-electron chi connectivity index (χ3n) is 3.44. The lowest BCUT2D eigenvalue weighted by molar-refractivity contribution is -0.129. The molecule has 1 rings (SSSR count). The number of carbonyl (C=O) groups is 2. The Hall–Kier alpha value is -1.79. The van der Waals surface area contributed by atoms with E-state index in [1.807, 2.05) is 25.7 Å². The molecule has 0 bridgehead atoms. The molecule has 3 N–H and O–H groups in total. The summed E-state index contributed by atoms with van der Waals surface area (Å²) in [5.41, 5.74) is -0.241. The van der Waals surface area contributed by atoms with E-state index in [1.165, 1.54) is 0 Å². The summed E-state index contributed by atoms with van der Waals surface area (Å²) < 4.78 is 0. The van der Waals surface area contributed by atoms with Crippen LogP contribution in [0.1, 0.15) is 40.5 Å². The van der Waals surface area contributed by atoms with Crippen molar-refractivity contribution in [3.8, 4) is 0 Å². The molecule has 126 valence electrons. The molecule has 0 aliphatic carbocycles. The first kappa shape index (κ1) is 18.3. The van der Waals surface area contributed by atoms with Crippen LogP contribution in [0.15, 0.2) is 4.99 Å². The van der Waals surface area contributed by atoms with Crippen molar-refractivity contribution in [3.63, 3.8) is 0 Å². The summed E-state index contributed by atoms with van der Waals surface area (Å²) >= 11 is 0. The summed E-state index contributed by atoms with van der Waals surface area (Å²) in [5, 5.41) is 9.22. The topological polar surface area (TPSA) is 85.8 Å². The van der Waals surface area contributed by atoms with Gasteiger partial charge in [0.2, 0.25) is 11.8 Å². The van der Waals surface area contributed by atoms with Gasteiger partial charge in [-0.25, -0.2) is 0 Å². The predicted molar refractivity (Wildman–Crippen MR) is 87.7 cm³/mol. The first-order valence-corrected chi connectivity index (χ1v) is 7.75. The average Bonchev–Trinajstić information content (AvgIpc) is 2.42. The van der Waals surface area contributed by atoms with E-state index in [0.29, 0.717) is 5.96 Å². The predicted octanol–water partition coefficient (Wildman–Crippen LogP) is 0.0770. The summed E-state index contributed by atoms with van der Waals surface area (Å²) in [6.45, 7) is 9.14. The quantitative estimate of drug-likeness (QED) is 0.509. The van der Waals surface area contributed by atoms with Crippen molar-refractivity contribution in [1.29, 1.82) is 0 Å². The van der Waals surface area contributed by atoms with Gasteiger partial charge in [0, 0.05) is 38.6 Å². The lowest BCUT2D eigenvalue weighted by atomic mass is 10.1. The van der Waals surface area contributed by atoms with Crippen LogP contribution in [-0.2, 0) is 9.59 Å². The molecule has 7 nitrogen and oxygen atoms in total. The highest BCUT2D eigenvalue weighted by Gasteiger charge is 2.21. The van der Waals surface area contributed by atoms with Crippen LogP contribution in [0.2, 0.25) is 0 Å². The second-order valence-electron chi connectivity index (χ2n) is 6.65. The molecule has 0 unspecified atom stereocenters. The second-order valence-corrected chi connectivity index (χ2v) is 6.65. The third-order valence-corrected chi connectivity index (χ3v) is 3.44. The molecule has 1 saturated heterocycles. The lowest BCUT2D eigenvalue weighted by Gasteiger charge is -2.32. The smallest absolute Gasteiger partial charge is 0.239 e. The molecule has 1 aliphatic heterocycles. The van der Waals surface area contributed by atoms with Crippen LogP contribution < -0.4 is 16.0 Å². The Bertz CT molecular complexity index is 420. The van der Waals surface area contributed by atoms with Gasteiger partial charge in [-0.1, -0.05) is 0 Å². The molecule has 0 aromatic carbocycles. The lowest BCUT2D eigenvalue weighted by Crippen LogP contribution is -2.52. The normalized spacial score (nSPS) is 17.1. The van der Waals surface area contributed by atoms with Gasteiger partial charge in [-0.2, -0.15) is 0 Å². The van der Waals surface area contributed by atoms with Crippen LogP contribution in [-0.4, -0.2) is 60.9 Å². The summed E-state index contributed by atoms with van der Waals surface area (Å²) in [7, 11) is 1.68. The maximum atomic E-state index is 11.8. The number of nitrogens with zero attached hydrogens (tertiary/aromatic N) is 2. The molecule has 1 fully saturated rings. The molecule has 1 heterocycles. The van der Waals surface area contributed by atoms with Gasteiger partial charge in [-0.05, 0) is 33.6 Å². The molecule has 0 aromatic rings. The van der Waals surface area contributed by atoms with Gasteiger partial charge in [0.15, 0.2) is 5.96 Å². The van der Waals surface area contributed by atoms with Crippen LogP contribution in [0.25, 0.3) is 0 Å². The zero-order chi connectivity index (χ0) is 16.8. The first-order valence-electron chi connectivity index (χ1n) is 7.75. The van der Waals surface area contributed by atoms with Crippen molar-refractivity contribution in [2.45, 2.75) is 52.1 Å². The summed E-state index contributed by atoms with van der Waals surface area (Å²) in [5.74, 6) is 0.673. The van der Waals surface area contributed by atoms with E-state index in [4.69, 9.17) is 0 Å². The minimum absolute atomic E-state index is 0.0677. The highest BCUT2D eigenvalue weighted by molar-refractivity contribution is 5.86. The van der Waals surface area contributed by atoms with Gasteiger partial charge < -0.3 is 20.9 Å². The zero-order valence-electron chi connectivity index (χ0n) is 14.3. The van der Waals surface area contributed by atoms with E-state index in [9.17, 15) is 9.59 Å². The first-order chi connectivity index (χ1) is 10.2. The number of likely N-dealkylation sites (tertiary alicyclic amines) is 1. The van der Waals surface area contributed by atoms with E-state index in [-0.39, 0.29) is 29.9 Å². The molecule has 0 spiro atoms. The van der Waals surface area contributed by atoms with Gasteiger partial charge in [-0.15, -0.1) is 0 Å². The molecule has 1 aliphatic rings. The summed E-state index contributed by atoms with van der Waals surface area (Å²) in [4.78, 5) is 29.1. The fourth-order valence-corrected chi connectivity index (χ4v) is 2.35. The molecule has 22 heavy (non-hydrogen) atoms. The number of amides is 2. The minimum Gasteiger partial charge on any atom is -0.354 e. The standard InChI is InChI=1S/C15H29N5O2/c1-11(21)20-8-6-12(7-9-20)18-14(16-5)17-10-13(22)19-15(2,3)4/h12H,6-10H2,1-5H3,(H,19,22)(H2,16,17,18). The van der Waals surface area contributed by atoms with Crippen molar-refractivity contribution in [2.75, 3.05) is 26.7 Å². The zero-order valence-corrected chi connectivity index (χ0v) is 14.3. The second kappa shape index (κ2) is 8.00. The number of rotatable bonds is 3. The van der Waals surface area contributed by atoms with Crippen molar-refractivity contribution in [1.82, 2.24) is 20.9 Å².